The lowest BCUT2D eigenvalue weighted by Gasteiger charge is -2.11. The Kier molecular flexibility index (Phi) is 4.50. The quantitative estimate of drug-likeness (QED) is 0.450. The zero-order valence-electron chi connectivity index (χ0n) is 7.59. The van der Waals surface area contributed by atoms with E-state index in [1.807, 2.05) is 0 Å². The molecule has 0 aromatic heterocycles. The van der Waals surface area contributed by atoms with Crippen molar-refractivity contribution < 1.29 is 14.4 Å². The van der Waals surface area contributed by atoms with Gasteiger partial charge in [0, 0.05) is 6.92 Å². The largest absolute Gasteiger partial charge is 0.368 e. The predicted octanol–water partition coefficient (Wildman–Crippen LogP) is -1.89. The summed E-state index contributed by atoms with van der Waals surface area (Å²) in [5, 5.41) is 4.62. The minimum Gasteiger partial charge on any atom is -0.368 e. The zero-order chi connectivity index (χ0) is 10.4. The fourth-order valence-electron chi connectivity index (χ4n) is 0.698. The Morgan fingerprint density at radius 3 is 2.31 bits per heavy atom. The van der Waals surface area contributed by atoms with E-state index in [2.05, 4.69) is 10.6 Å². The van der Waals surface area contributed by atoms with Gasteiger partial charge in [0.05, 0.1) is 6.54 Å². The molecule has 6 nitrogen and oxygen atoms in total. The first-order valence-corrected chi connectivity index (χ1v) is 3.76. The van der Waals surface area contributed by atoms with E-state index in [-0.39, 0.29) is 12.5 Å². The summed E-state index contributed by atoms with van der Waals surface area (Å²) in [5.41, 5.74) is 4.80. The molecule has 0 aromatic rings. The molecule has 6 heteroatoms. The van der Waals surface area contributed by atoms with Crippen molar-refractivity contribution in [3.8, 4) is 0 Å². The van der Waals surface area contributed by atoms with Gasteiger partial charge in [0.1, 0.15) is 6.04 Å². The van der Waals surface area contributed by atoms with Gasteiger partial charge in [0.25, 0.3) is 0 Å². The first kappa shape index (κ1) is 11.4. The third-order valence-electron chi connectivity index (χ3n) is 1.25. The maximum absolute atomic E-state index is 11.0. The van der Waals surface area contributed by atoms with Gasteiger partial charge >= 0.3 is 0 Å². The highest BCUT2D eigenvalue weighted by atomic mass is 16.2. The summed E-state index contributed by atoms with van der Waals surface area (Å²) < 4.78 is 0. The van der Waals surface area contributed by atoms with Crippen molar-refractivity contribution in [3.05, 3.63) is 0 Å². The topological polar surface area (TPSA) is 101 Å². The fourth-order valence-corrected chi connectivity index (χ4v) is 0.698. The van der Waals surface area contributed by atoms with Gasteiger partial charge in [0.15, 0.2) is 0 Å². The highest BCUT2D eigenvalue weighted by Crippen LogP contribution is 1.80. The van der Waals surface area contributed by atoms with Crippen LogP contribution in [0.4, 0.5) is 0 Å². The molecule has 0 radical (unpaired) electrons. The number of nitrogens with two attached hydrogens (primary N) is 1. The molecule has 0 unspecified atom stereocenters. The standard InChI is InChI=1S/C7H13N3O3/c1-4(10-5(2)11)7(13)9-3-6(8)12/h4H,3H2,1-2H3,(H2,8,12)(H,9,13)(H,10,11)/t4-/m0/s1/i3+1. The molecule has 0 aliphatic heterocycles. The average Bonchev–Trinajstić information content (AvgIpc) is 1.98. The van der Waals surface area contributed by atoms with Gasteiger partial charge in [-0.3, -0.25) is 14.4 Å². The summed E-state index contributed by atoms with van der Waals surface area (Å²) in [7, 11) is 0. The van der Waals surface area contributed by atoms with Crippen LogP contribution in [0.2, 0.25) is 0 Å². The summed E-state index contributed by atoms with van der Waals surface area (Å²) in [6.45, 7) is 2.60. The Hall–Kier alpha value is -1.59. The van der Waals surface area contributed by atoms with Crippen LogP contribution < -0.4 is 16.4 Å². The van der Waals surface area contributed by atoms with E-state index in [0.29, 0.717) is 0 Å². The summed E-state index contributed by atoms with van der Waals surface area (Å²) in [6, 6.07) is -0.656. The molecule has 13 heavy (non-hydrogen) atoms. The van der Waals surface area contributed by atoms with Crippen LogP contribution in [0.25, 0.3) is 0 Å². The van der Waals surface area contributed by atoms with E-state index in [1.165, 1.54) is 13.8 Å². The number of hydrogen-bond donors (Lipinski definition) is 3. The van der Waals surface area contributed by atoms with E-state index in [9.17, 15) is 14.4 Å². The highest BCUT2D eigenvalue weighted by molar-refractivity contribution is 5.89. The maximum Gasteiger partial charge on any atom is 0.242 e. The molecule has 0 fully saturated rings. The van der Waals surface area contributed by atoms with Crippen LogP contribution in [-0.2, 0) is 14.4 Å². The van der Waals surface area contributed by atoms with Crippen LogP contribution >= 0.6 is 0 Å². The molecule has 74 valence electrons. The number of rotatable bonds is 4. The predicted molar refractivity (Wildman–Crippen MR) is 45.5 cm³/mol. The zero-order valence-corrected chi connectivity index (χ0v) is 7.59. The fraction of sp³-hybridized carbons (Fsp3) is 0.571. The van der Waals surface area contributed by atoms with Gasteiger partial charge < -0.3 is 16.4 Å². The Labute approximate surface area is 75.9 Å². The third kappa shape index (κ3) is 5.66. The molecule has 0 bridgehead atoms. The van der Waals surface area contributed by atoms with Crippen LogP contribution in [0.5, 0.6) is 0 Å². The van der Waals surface area contributed by atoms with Gasteiger partial charge in [-0.1, -0.05) is 0 Å². The molecule has 0 aliphatic rings. The van der Waals surface area contributed by atoms with Gasteiger partial charge in [-0.25, -0.2) is 0 Å². The van der Waals surface area contributed by atoms with Crippen molar-refractivity contribution in [1.82, 2.24) is 10.6 Å². The summed E-state index contributed by atoms with van der Waals surface area (Å²) >= 11 is 0. The van der Waals surface area contributed by atoms with Crippen molar-refractivity contribution in [1.29, 1.82) is 0 Å². The monoisotopic (exact) mass is 188 g/mol. The molecule has 0 aromatic carbocycles. The number of nitrogens with one attached hydrogen (secondary N) is 2. The van der Waals surface area contributed by atoms with E-state index < -0.39 is 17.9 Å². The molecular formula is C7H13N3O3. The third-order valence-corrected chi connectivity index (χ3v) is 1.25. The van der Waals surface area contributed by atoms with Crippen molar-refractivity contribution in [2.24, 2.45) is 5.73 Å². The second-order valence-corrected chi connectivity index (χ2v) is 2.61. The van der Waals surface area contributed by atoms with Crippen molar-refractivity contribution in [3.63, 3.8) is 0 Å². The average molecular weight is 188 g/mol. The second-order valence-electron chi connectivity index (χ2n) is 2.61. The summed E-state index contributed by atoms with van der Waals surface area (Å²) in [6.07, 6.45) is 0. The lowest BCUT2D eigenvalue weighted by molar-refractivity contribution is -0.128. The normalized spacial score (nSPS) is 11.5. The maximum atomic E-state index is 11.0. The molecule has 0 spiro atoms. The Morgan fingerprint density at radius 2 is 1.92 bits per heavy atom. The van der Waals surface area contributed by atoms with Crippen molar-refractivity contribution in [2.45, 2.75) is 19.9 Å². The van der Waals surface area contributed by atoms with Crippen LogP contribution in [-0.4, -0.2) is 30.3 Å². The summed E-state index contributed by atoms with van der Waals surface area (Å²) in [4.78, 5) is 31.8. The number of hydrogen-bond acceptors (Lipinski definition) is 3. The van der Waals surface area contributed by atoms with E-state index >= 15 is 0 Å². The van der Waals surface area contributed by atoms with Crippen LogP contribution in [0, 0.1) is 0 Å². The molecule has 0 saturated carbocycles. The molecule has 0 aliphatic carbocycles. The molecular weight excluding hydrogens is 175 g/mol. The van der Waals surface area contributed by atoms with Crippen molar-refractivity contribution >= 4 is 17.7 Å². The Morgan fingerprint density at radius 1 is 1.38 bits per heavy atom. The molecule has 0 heterocycles. The number of amides is 3. The minimum atomic E-state index is -0.656. The molecule has 4 N–H and O–H groups in total. The molecule has 0 rings (SSSR count). The lowest BCUT2D eigenvalue weighted by Crippen LogP contribution is -2.46. The minimum absolute atomic E-state index is 0.219. The van der Waals surface area contributed by atoms with Gasteiger partial charge in [-0.05, 0) is 6.92 Å². The Bertz CT molecular complexity index is 227. The van der Waals surface area contributed by atoms with Crippen molar-refractivity contribution in [2.75, 3.05) is 6.54 Å². The van der Waals surface area contributed by atoms with E-state index in [4.69, 9.17) is 5.73 Å². The SMILES string of the molecule is CC(=O)N[C@@H](C)C(=O)N[13CH2]C(N)=O. The van der Waals surface area contributed by atoms with E-state index in [0.717, 1.165) is 0 Å². The first-order chi connectivity index (χ1) is 5.93. The molecule has 3 amide bonds. The number of carbonyl (C=O) groups is 3. The highest BCUT2D eigenvalue weighted by Gasteiger charge is 2.13. The molecule has 1 atom stereocenters. The van der Waals surface area contributed by atoms with Crippen LogP contribution in [0.3, 0.4) is 0 Å². The Balaban J connectivity index is 3.82. The van der Waals surface area contributed by atoms with Crippen LogP contribution in [0.15, 0.2) is 0 Å². The van der Waals surface area contributed by atoms with E-state index in [1.54, 1.807) is 0 Å². The smallest absolute Gasteiger partial charge is 0.242 e. The van der Waals surface area contributed by atoms with Crippen LogP contribution in [0.1, 0.15) is 13.8 Å². The second kappa shape index (κ2) is 5.13. The first-order valence-electron chi connectivity index (χ1n) is 3.76. The van der Waals surface area contributed by atoms with Gasteiger partial charge in [0.2, 0.25) is 17.7 Å². The summed E-state index contributed by atoms with van der Waals surface area (Å²) in [5.74, 6) is -1.36. The van der Waals surface area contributed by atoms with Gasteiger partial charge in [-0.15, -0.1) is 0 Å². The van der Waals surface area contributed by atoms with Gasteiger partial charge in [-0.2, -0.15) is 0 Å². The number of carbonyl (C=O) groups excluding carboxylic acids is 3. The molecule has 0 saturated heterocycles. The number of primary amides is 1. The lowest BCUT2D eigenvalue weighted by atomic mass is 10.3.